The minimum atomic E-state index is -0.0891. The van der Waals surface area contributed by atoms with Crippen LogP contribution in [-0.2, 0) is 11.3 Å². The quantitative estimate of drug-likeness (QED) is 0.779. The minimum absolute atomic E-state index is 0.0281. The van der Waals surface area contributed by atoms with Crippen molar-refractivity contribution in [3.8, 4) is 0 Å². The van der Waals surface area contributed by atoms with Gasteiger partial charge in [0.05, 0.1) is 6.26 Å². The van der Waals surface area contributed by atoms with Gasteiger partial charge in [-0.1, -0.05) is 18.2 Å². The molecule has 2 aliphatic rings. The maximum Gasteiger partial charge on any atom is 0.289 e. The van der Waals surface area contributed by atoms with Crippen molar-refractivity contribution < 1.29 is 14.0 Å². The predicted octanol–water partition coefficient (Wildman–Crippen LogP) is 3.39. The molecule has 3 heterocycles. The number of hydrogen-bond donors (Lipinski definition) is 0. The van der Waals surface area contributed by atoms with Gasteiger partial charge in [-0.3, -0.25) is 9.59 Å². The molecule has 1 aromatic carbocycles. The predicted molar refractivity (Wildman–Crippen MR) is 112 cm³/mol. The third-order valence-corrected chi connectivity index (χ3v) is 6.09. The Morgan fingerprint density at radius 2 is 1.76 bits per heavy atom. The van der Waals surface area contributed by atoms with Gasteiger partial charge >= 0.3 is 0 Å². The number of rotatable bonds is 5. The summed E-state index contributed by atoms with van der Waals surface area (Å²) in [5.74, 6) is 0.421. The van der Waals surface area contributed by atoms with Crippen LogP contribution in [0.1, 0.15) is 41.8 Å². The number of anilines is 1. The van der Waals surface area contributed by atoms with Crippen LogP contribution < -0.4 is 4.90 Å². The smallest absolute Gasteiger partial charge is 0.289 e. The number of benzene rings is 1. The van der Waals surface area contributed by atoms with Crippen LogP contribution >= 0.6 is 0 Å². The van der Waals surface area contributed by atoms with E-state index < -0.39 is 0 Å². The number of hydrogen-bond acceptors (Lipinski definition) is 4. The zero-order chi connectivity index (χ0) is 20.2. The maximum absolute atomic E-state index is 13.0. The molecule has 6 heteroatoms. The fourth-order valence-corrected chi connectivity index (χ4v) is 4.44. The Balaban J connectivity index is 1.34. The van der Waals surface area contributed by atoms with Crippen molar-refractivity contribution in [2.45, 2.75) is 32.2 Å². The van der Waals surface area contributed by atoms with Gasteiger partial charge in [-0.05, 0) is 49.4 Å². The summed E-state index contributed by atoms with van der Waals surface area (Å²) in [6.45, 7) is 3.99. The number of nitrogens with zero attached hydrogens (tertiary/aromatic N) is 3. The zero-order valence-corrected chi connectivity index (χ0v) is 17.0. The second-order valence-electron chi connectivity index (χ2n) is 8.06. The summed E-state index contributed by atoms with van der Waals surface area (Å²) in [4.78, 5) is 31.5. The van der Waals surface area contributed by atoms with Crippen LogP contribution in [0, 0.1) is 5.92 Å². The Morgan fingerprint density at radius 1 is 1.03 bits per heavy atom. The highest BCUT2D eigenvalue weighted by atomic mass is 16.3. The Kier molecular flexibility index (Phi) is 5.88. The van der Waals surface area contributed by atoms with E-state index in [1.807, 2.05) is 18.0 Å². The molecule has 0 atom stereocenters. The first kappa shape index (κ1) is 19.6. The first-order valence-corrected chi connectivity index (χ1v) is 10.5. The Labute approximate surface area is 172 Å². The molecule has 0 unspecified atom stereocenters. The van der Waals surface area contributed by atoms with Gasteiger partial charge in [0.1, 0.15) is 0 Å². The summed E-state index contributed by atoms with van der Waals surface area (Å²) >= 11 is 0. The van der Waals surface area contributed by atoms with Crippen molar-refractivity contribution in [2.24, 2.45) is 5.92 Å². The maximum atomic E-state index is 13.0. The highest BCUT2D eigenvalue weighted by Gasteiger charge is 2.30. The van der Waals surface area contributed by atoms with Crippen LogP contribution in [0.5, 0.6) is 0 Å². The van der Waals surface area contributed by atoms with E-state index in [0.29, 0.717) is 38.2 Å². The minimum Gasteiger partial charge on any atom is -0.459 e. The van der Waals surface area contributed by atoms with Crippen molar-refractivity contribution in [3.63, 3.8) is 0 Å². The fraction of sp³-hybridized carbons (Fsp3) is 0.478. The standard InChI is InChI=1S/C23H29N3O3/c1-24(17-19-7-2-3-8-20(19)25-12-4-5-13-25)22(27)18-10-14-26(15-11-18)23(28)21-9-6-16-29-21/h2-3,6-9,16,18H,4-5,10-15,17H2,1H3. The second kappa shape index (κ2) is 8.72. The van der Waals surface area contributed by atoms with Gasteiger partial charge < -0.3 is 19.1 Å². The molecule has 4 rings (SSSR count). The highest BCUT2D eigenvalue weighted by molar-refractivity contribution is 5.91. The average molecular weight is 396 g/mol. The number of carbonyl (C=O) groups excluding carboxylic acids is 2. The van der Waals surface area contributed by atoms with Gasteiger partial charge in [-0.2, -0.15) is 0 Å². The highest BCUT2D eigenvalue weighted by Crippen LogP contribution is 2.27. The van der Waals surface area contributed by atoms with Crippen molar-refractivity contribution in [1.29, 1.82) is 0 Å². The molecule has 0 saturated carbocycles. The van der Waals surface area contributed by atoms with Gasteiger partial charge in [0.2, 0.25) is 5.91 Å². The Hall–Kier alpha value is -2.76. The molecule has 0 radical (unpaired) electrons. The Bertz CT molecular complexity index is 835. The topological polar surface area (TPSA) is 57.0 Å². The lowest BCUT2D eigenvalue weighted by Crippen LogP contribution is -2.43. The van der Waals surface area contributed by atoms with E-state index in [1.54, 1.807) is 17.0 Å². The van der Waals surface area contributed by atoms with Crippen LogP contribution in [0.3, 0.4) is 0 Å². The van der Waals surface area contributed by atoms with Crippen LogP contribution in [0.2, 0.25) is 0 Å². The molecule has 1 aromatic heterocycles. The lowest BCUT2D eigenvalue weighted by atomic mass is 9.95. The summed E-state index contributed by atoms with van der Waals surface area (Å²) in [6.07, 6.45) is 5.38. The lowest BCUT2D eigenvalue weighted by Gasteiger charge is -2.33. The first-order chi connectivity index (χ1) is 14.1. The third kappa shape index (κ3) is 4.31. The van der Waals surface area contributed by atoms with Gasteiger partial charge in [-0.25, -0.2) is 0 Å². The van der Waals surface area contributed by atoms with E-state index in [1.165, 1.54) is 30.4 Å². The van der Waals surface area contributed by atoms with E-state index in [2.05, 4.69) is 23.1 Å². The molecular weight excluding hydrogens is 366 g/mol. The molecule has 2 amide bonds. The van der Waals surface area contributed by atoms with E-state index in [-0.39, 0.29) is 17.7 Å². The molecule has 29 heavy (non-hydrogen) atoms. The number of furan rings is 1. The third-order valence-electron chi connectivity index (χ3n) is 6.09. The van der Waals surface area contributed by atoms with Crippen molar-refractivity contribution in [1.82, 2.24) is 9.80 Å². The van der Waals surface area contributed by atoms with Crippen LogP contribution in [0.25, 0.3) is 0 Å². The number of para-hydroxylation sites is 1. The lowest BCUT2D eigenvalue weighted by molar-refractivity contribution is -0.136. The normalized spacial score (nSPS) is 17.6. The van der Waals surface area contributed by atoms with Crippen LogP contribution in [-0.4, -0.2) is 54.8 Å². The number of likely N-dealkylation sites (tertiary alicyclic amines) is 1. The van der Waals surface area contributed by atoms with Gasteiger partial charge in [0.15, 0.2) is 5.76 Å². The molecule has 0 bridgehead atoms. The summed E-state index contributed by atoms with van der Waals surface area (Å²) in [7, 11) is 1.89. The molecule has 2 saturated heterocycles. The molecule has 2 fully saturated rings. The molecule has 6 nitrogen and oxygen atoms in total. The van der Waals surface area contributed by atoms with Crippen molar-refractivity contribution >= 4 is 17.5 Å². The summed E-state index contributed by atoms with van der Waals surface area (Å²) in [5, 5.41) is 0. The van der Waals surface area contributed by atoms with E-state index in [0.717, 1.165) is 13.1 Å². The molecule has 0 N–H and O–H groups in total. The molecule has 0 aliphatic carbocycles. The fourth-order valence-electron chi connectivity index (χ4n) is 4.44. The van der Waals surface area contributed by atoms with Crippen molar-refractivity contribution in [3.05, 3.63) is 54.0 Å². The molecule has 154 valence electrons. The summed E-state index contributed by atoms with van der Waals surface area (Å²) < 4.78 is 5.21. The second-order valence-corrected chi connectivity index (χ2v) is 8.06. The largest absolute Gasteiger partial charge is 0.459 e. The SMILES string of the molecule is CN(Cc1ccccc1N1CCCC1)C(=O)C1CCN(C(=O)c2ccco2)CC1. The monoisotopic (exact) mass is 395 g/mol. The molecular formula is C23H29N3O3. The van der Waals surface area contributed by atoms with E-state index in [9.17, 15) is 9.59 Å². The number of amides is 2. The van der Waals surface area contributed by atoms with E-state index in [4.69, 9.17) is 4.42 Å². The number of piperidine rings is 1. The van der Waals surface area contributed by atoms with Gasteiger partial charge in [0.25, 0.3) is 5.91 Å². The van der Waals surface area contributed by atoms with Crippen molar-refractivity contribution in [2.75, 3.05) is 38.1 Å². The number of carbonyl (C=O) groups is 2. The average Bonchev–Trinajstić information content (AvgIpc) is 3.47. The Morgan fingerprint density at radius 3 is 2.45 bits per heavy atom. The molecule has 2 aromatic rings. The first-order valence-electron chi connectivity index (χ1n) is 10.5. The zero-order valence-electron chi connectivity index (χ0n) is 17.0. The molecule has 0 spiro atoms. The van der Waals surface area contributed by atoms with Crippen LogP contribution in [0.4, 0.5) is 5.69 Å². The molecule has 2 aliphatic heterocycles. The summed E-state index contributed by atoms with van der Waals surface area (Å²) in [6, 6.07) is 11.8. The van der Waals surface area contributed by atoms with Gasteiger partial charge in [-0.15, -0.1) is 0 Å². The van der Waals surface area contributed by atoms with E-state index >= 15 is 0 Å². The van der Waals surface area contributed by atoms with Gasteiger partial charge in [0, 0.05) is 51.4 Å². The summed E-state index contributed by atoms with van der Waals surface area (Å²) in [5.41, 5.74) is 2.46. The van der Waals surface area contributed by atoms with Crippen LogP contribution in [0.15, 0.2) is 47.1 Å².